The van der Waals surface area contributed by atoms with E-state index in [-0.39, 0.29) is 17.1 Å². The number of primary amides is 1. The number of nitrogens with two attached hydrogens (primary N) is 1. The second-order valence-corrected chi connectivity index (χ2v) is 11.7. The van der Waals surface area contributed by atoms with Crippen LogP contribution >= 0.6 is 11.3 Å². The molecular weight excluding hydrogens is 558 g/mol. The molecule has 10 heteroatoms. The van der Waals surface area contributed by atoms with Crippen molar-refractivity contribution in [2.24, 2.45) is 17.1 Å². The van der Waals surface area contributed by atoms with Crippen molar-refractivity contribution in [3.05, 3.63) is 77.3 Å². The van der Waals surface area contributed by atoms with E-state index in [2.05, 4.69) is 22.1 Å². The maximum absolute atomic E-state index is 15.5. The summed E-state index contributed by atoms with van der Waals surface area (Å²) in [5.41, 5.74) is 5.32. The van der Waals surface area contributed by atoms with Gasteiger partial charge in [0.25, 0.3) is 0 Å². The number of nitrogens with one attached hydrogen (secondary N) is 1. The summed E-state index contributed by atoms with van der Waals surface area (Å²) in [7, 11) is 0. The Morgan fingerprint density at radius 1 is 1.05 bits per heavy atom. The summed E-state index contributed by atoms with van der Waals surface area (Å²) in [6.07, 6.45) is 5.30. The van der Waals surface area contributed by atoms with Gasteiger partial charge in [0.15, 0.2) is 11.6 Å². The summed E-state index contributed by atoms with van der Waals surface area (Å²) >= 11 is 1.44. The standard InChI is InChI=1S/C32H28F2N4O3S/c33-21-4-6-22(7-5-21)38(31(40)32(13-14-32)30(35)39)23-8-9-27(25(34)18-23)41-28-12-17-37-26-19-24(42-29(26)28)3-1-2-20-10-15-36-16-11-20/h4-9,12,17-20,36H,2,10-11,13-16H2,(H2,35,39). The van der Waals surface area contributed by atoms with Gasteiger partial charge in [0.1, 0.15) is 17.0 Å². The van der Waals surface area contributed by atoms with Gasteiger partial charge < -0.3 is 15.8 Å². The van der Waals surface area contributed by atoms with Crippen LogP contribution in [-0.4, -0.2) is 29.9 Å². The smallest absolute Gasteiger partial charge is 0.247 e. The first-order valence-corrected chi connectivity index (χ1v) is 14.6. The van der Waals surface area contributed by atoms with Crippen LogP contribution in [0.25, 0.3) is 10.2 Å². The summed E-state index contributed by atoms with van der Waals surface area (Å²) in [5, 5.41) is 3.36. The predicted octanol–water partition coefficient (Wildman–Crippen LogP) is 6.04. The molecule has 0 spiro atoms. The van der Waals surface area contributed by atoms with Gasteiger partial charge in [-0.3, -0.25) is 19.5 Å². The molecule has 214 valence electrons. The molecule has 2 aliphatic rings. The van der Waals surface area contributed by atoms with Gasteiger partial charge in [-0.2, -0.15) is 0 Å². The minimum Gasteiger partial charge on any atom is -0.453 e. The van der Waals surface area contributed by atoms with Crippen LogP contribution in [0.5, 0.6) is 11.5 Å². The van der Waals surface area contributed by atoms with Gasteiger partial charge in [-0.1, -0.05) is 11.8 Å². The van der Waals surface area contributed by atoms with Gasteiger partial charge in [0.2, 0.25) is 11.8 Å². The van der Waals surface area contributed by atoms with Gasteiger partial charge in [-0.25, -0.2) is 8.78 Å². The van der Waals surface area contributed by atoms with E-state index in [0.29, 0.717) is 30.0 Å². The number of nitrogens with zero attached hydrogens (tertiary/aromatic N) is 2. The number of halogens is 2. The van der Waals surface area contributed by atoms with Crippen LogP contribution in [0.2, 0.25) is 0 Å². The molecule has 3 N–H and O–H groups in total. The third-order valence-electron chi connectivity index (χ3n) is 7.75. The first kappa shape index (κ1) is 27.8. The normalized spacial score (nSPS) is 16.0. The van der Waals surface area contributed by atoms with Crippen LogP contribution in [0, 0.1) is 34.8 Å². The number of carbonyl (C=O) groups is 2. The number of carbonyl (C=O) groups excluding carboxylic acids is 2. The fourth-order valence-electron chi connectivity index (χ4n) is 5.13. The molecule has 0 unspecified atom stereocenters. The first-order valence-electron chi connectivity index (χ1n) is 13.8. The van der Waals surface area contributed by atoms with Gasteiger partial charge >= 0.3 is 0 Å². The molecule has 0 atom stereocenters. The number of hydrogen-bond acceptors (Lipinski definition) is 6. The molecule has 2 amide bonds. The summed E-state index contributed by atoms with van der Waals surface area (Å²) in [6.45, 7) is 2.07. The number of ether oxygens (including phenoxy) is 1. The summed E-state index contributed by atoms with van der Waals surface area (Å²) in [5.74, 6) is 4.98. The molecule has 42 heavy (non-hydrogen) atoms. The minimum absolute atomic E-state index is 0.0549. The Hall–Kier alpha value is -4.33. The second kappa shape index (κ2) is 11.5. The zero-order valence-corrected chi connectivity index (χ0v) is 23.5. The van der Waals surface area contributed by atoms with Crippen LogP contribution in [0.1, 0.15) is 37.0 Å². The van der Waals surface area contributed by atoms with E-state index in [1.54, 1.807) is 12.3 Å². The van der Waals surface area contributed by atoms with Crippen LogP contribution in [0.15, 0.2) is 60.8 Å². The molecule has 1 aliphatic carbocycles. The van der Waals surface area contributed by atoms with E-state index in [1.165, 1.54) is 52.6 Å². The highest BCUT2D eigenvalue weighted by Crippen LogP contribution is 2.49. The zero-order valence-electron chi connectivity index (χ0n) is 22.7. The lowest BCUT2D eigenvalue weighted by Crippen LogP contribution is -2.41. The van der Waals surface area contributed by atoms with E-state index in [9.17, 15) is 14.0 Å². The largest absolute Gasteiger partial charge is 0.453 e. The highest BCUT2D eigenvalue weighted by atomic mass is 32.1. The van der Waals surface area contributed by atoms with E-state index in [0.717, 1.165) is 48.0 Å². The average molecular weight is 587 g/mol. The monoisotopic (exact) mass is 586 g/mol. The molecule has 2 aromatic carbocycles. The predicted molar refractivity (Wildman–Crippen MR) is 158 cm³/mol. The highest BCUT2D eigenvalue weighted by Gasteiger charge is 2.57. The zero-order chi connectivity index (χ0) is 29.3. The van der Waals surface area contributed by atoms with Crippen LogP contribution in [0.4, 0.5) is 20.2 Å². The highest BCUT2D eigenvalue weighted by molar-refractivity contribution is 7.19. The number of amides is 2. The SMILES string of the molecule is NC(=O)C1(C(=O)N(c2ccc(F)cc2)c2ccc(Oc3ccnc4cc(C#CCC5CCNCC5)sc34)c(F)c2)CC1. The molecule has 1 saturated heterocycles. The molecule has 3 heterocycles. The molecule has 2 fully saturated rings. The Morgan fingerprint density at radius 2 is 1.79 bits per heavy atom. The third kappa shape index (κ3) is 5.58. The Kier molecular flexibility index (Phi) is 7.62. The maximum Gasteiger partial charge on any atom is 0.247 e. The van der Waals surface area contributed by atoms with E-state index < -0.39 is 28.9 Å². The third-order valence-corrected chi connectivity index (χ3v) is 8.80. The number of benzene rings is 2. The first-order chi connectivity index (χ1) is 20.3. The van der Waals surface area contributed by atoms with Gasteiger partial charge in [0, 0.05) is 30.4 Å². The van der Waals surface area contributed by atoms with Crippen molar-refractivity contribution < 1.29 is 23.1 Å². The Labute approximate surface area is 245 Å². The minimum atomic E-state index is -1.37. The molecule has 2 aromatic heterocycles. The van der Waals surface area contributed by atoms with E-state index in [4.69, 9.17) is 10.5 Å². The lowest BCUT2D eigenvalue weighted by Gasteiger charge is -2.26. The molecule has 0 radical (unpaired) electrons. The maximum atomic E-state index is 15.5. The Bertz CT molecular complexity index is 1720. The Balaban J connectivity index is 1.26. The van der Waals surface area contributed by atoms with E-state index >= 15 is 4.39 Å². The fraction of sp³-hybridized carbons (Fsp3) is 0.281. The van der Waals surface area contributed by atoms with Gasteiger partial charge in [-0.15, -0.1) is 11.3 Å². The van der Waals surface area contributed by atoms with Crippen molar-refractivity contribution in [2.75, 3.05) is 18.0 Å². The number of piperidine rings is 1. The van der Waals surface area contributed by atoms with Crippen molar-refractivity contribution >= 4 is 44.7 Å². The number of aromatic nitrogens is 1. The number of thiophene rings is 1. The average Bonchev–Trinajstić information content (AvgIpc) is 3.70. The number of fused-ring (bicyclic) bond motifs is 1. The van der Waals surface area contributed by atoms with Crippen molar-refractivity contribution in [2.45, 2.75) is 32.1 Å². The molecule has 7 nitrogen and oxygen atoms in total. The van der Waals surface area contributed by atoms with Crippen molar-refractivity contribution in [1.29, 1.82) is 0 Å². The number of pyridine rings is 1. The van der Waals surface area contributed by atoms with Crippen molar-refractivity contribution in [3.63, 3.8) is 0 Å². The summed E-state index contributed by atoms with van der Waals surface area (Å²) in [6, 6.07) is 12.8. The molecular formula is C32H28F2N4O3S. The molecule has 6 rings (SSSR count). The molecule has 1 saturated carbocycles. The number of hydrogen-bond donors (Lipinski definition) is 2. The summed E-state index contributed by atoms with van der Waals surface area (Å²) < 4.78 is 35.9. The number of anilines is 2. The van der Waals surface area contributed by atoms with Crippen LogP contribution in [-0.2, 0) is 9.59 Å². The quantitative estimate of drug-likeness (QED) is 0.203. The summed E-state index contributed by atoms with van der Waals surface area (Å²) in [4.78, 5) is 32.1. The Morgan fingerprint density at radius 3 is 2.48 bits per heavy atom. The molecule has 0 bridgehead atoms. The topological polar surface area (TPSA) is 97.6 Å². The van der Waals surface area contributed by atoms with Crippen molar-refractivity contribution in [3.8, 4) is 23.3 Å². The molecule has 4 aromatic rings. The van der Waals surface area contributed by atoms with Crippen molar-refractivity contribution in [1.82, 2.24) is 10.3 Å². The van der Waals surface area contributed by atoms with Crippen LogP contribution < -0.4 is 20.7 Å². The van der Waals surface area contributed by atoms with Crippen LogP contribution in [0.3, 0.4) is 0 Å². The van der Waals surface area contributed by atoms with Gasteiger partial charge in [0.05, 0.1) is 20.8 Å². The molecule has 1 aliphatic heterocycles. The lowest BCUT2D eigenvalue weighted by molar-refractivity contribution is -0.133. The second-order valence-electron chi connectivity index (χ2n) is 10.6. The van der Waals surface area contributed by atoms with E-state index in [1.807, 2.05) is 6.07 Å². The van der Waals surface area contributed by atoms with Gasteiger partial charge in [-0.05, 0) is 87.2 Å². The fourth-order valence-corrected chi connectivity index (χ4v) is 6.07. The number of rotatable bonds is 7. The lowest BCUT2D eigenvalue weighted by atomic mass is 9.95.